The van der Waals surface area contributed by atoms with Crippen LogP contribution >= 0.6 is 0 Å². The lowest BCUT2D eigenvalue weighted by Gasteiger charge is -2.18. The highest BCUT2D eigenvalue weighted by atomic mass is 16.1. The van der Waals surface area contributed by atoms with Crippen molar-refractivity contribution in [1.82, 2.24) is 24.3 Å². The van der Waals surface area contributed by atoms with Gasteiger partial charge in [0.2, 0.25) is 0 Å². The number of pyridine rings is 1. The van der Waals surface area contributed by atoms with Crippen LogP contribution in [0, 0.1) is 19.3 Å². The van der Waals surface area contributed by atoms with E-state index in [-0.39, 0.29) is 11.1 Å². The third kappa shape index (κ3) is 3.39. The van der Waals surface area contributed by atoms with Gasteiger partial charge in [-0.2, -0.15) is 5.10 Å². The van der Waals surface area contributed by atoms with Crippen LogP contribution in [-0.4, -0.2) is 24.3 Å². The fourth-order valence-corrected chi connectivity index (χ4v) is 3.77. The molecule has 4 aromatic rings. The first-order chi connectivity index (χ1) is 13.7. The standard InChI is InChI=1S/C23H27N5O/c1-14-7-8-16(18-12-24-26-15(18)2)11-17(14)19-9-10-20-21(25-19)27(6)22(29)28(20)13-23(3,4)5/h7-12H,13H2,1-6H3,(H,24,26). The molecule has 0 bridgehead atoms. The summed E-state index contributed by atoms with van der Waals surface area (Å²) in [5.74, 6) is 0. The second-order valence-electron chi connectivity index (χ2n) is 8.94. The molecular formula is C23H27N5O. The smallest absolute Gasteiger partial charge is 0.290 e. The first-order valence-electron chi connectivity index (χ1n) is 9.84. The van der Waals surface area contributed by atoms with Crippen LogP contribution in [0.3, 0.4) is 0 Å². The minimum atomic E-state index is -0.0286. The lowest BCUT2D eigenvalue weighted by atomic mass is 9.97. The molecule has 0 aliphatic carbocycles. The van der Waals surface area contributed by atoms with Crippen LogP contribution in [-0.2, 0) is 13.6 Å². The fraction of sp³-hybridized carbons (Fsp3) is 0.348. The maximum absolute atomic E-state index is 12.8. The number of aromatic amines is 1. The van der Waals surface area contributed by atoms with E-state index in [0.29, 0.717) is 12.2 Å². The summed E-state index contributed by atoms with van der Waals surface area (Å²) in [5.41, 5.74) is 7.75. The van der Waals surface area contributed by atoms with Crippen molar-refractivity contribution >= 4 is 11.2 Å². The van der Waals surface area contributed by atoms with Crippen LogP contribution in [0.25, 0.3) is 33.5 Å². The molecule has 0 aliphatic heterocycles. The fourth-order valence-electron chi connectivity index (χ4n) is 3.77. The summed E-state index contributed by atoms with van der Waals surface area (Å²) in [5, 5.41) is 7.15. The molecule has 0 radical (unpaired) electrons. The van der Waals surface area contributed by atoms with E-state index >= 15 is 0 Å². The van der Waals surface area contributed by atoms with Crippen LogP contribution in [0.1, 0.15) is 32.0 Å². The van der Waals surface area contributed by atoms with Crippen LogP contribution in [0.15, 0.2) is 41.3 Å². The molecular weight excluding hydrogens is 362 g/mol. The molecule has 0 fully saturated rings. The summed E-state index contributed by atoms with van der Waals surface area (Å²) >= 11 is 0. The Labute approximate surface area is 170 Å². The van der Waals surface area contributed by atoms with Crippen molar-refractivity contribution in [3.8, 4) is 22.4 Å². The van der Waals surface area contributed by atoms with E-state index in [1.165, 1.54) is 0 Å². The maximum Gasteiger partial charge on any atom is 0.330 e. The highest BCUT2D eigenvalue weighted by Gasteiger charge is 2.19. The average molecular weight is 390 g/mol. The highest BCUT2D eigenvalue weighted by molar-refractivity contribution is 5.79. The normalized spacial score (nSPS) is 12.1. The number of imidazole rings is 1. The molecule has 0 aliphatic rings. The number of aromatic nitrogens is 5. The van der Waals surface area contributed by atoms with E-state index in [4.69, 9.17) is 4.98 Å². The molecule has 6 nitrogen and oxygen atoms in total. The topological polar surface area (TPSA) is 68.5 Å². The van der Waals surface area contributed by atoms with Gasteiger partial charge in [-0.3, -0.25) is 14.2 Å². The van der Waals surface area contributed by atoms with Crippen LogP contribution in [0.5, 0.6) is 0 Å². The molecule has 3 heterocycles. The van der Waals surface area contributed by atoms with Gasteiger partial charge in [-0.1, -0.05) is 32.9 Å². The summed E-state index contributed by atoms with van der Waals surface area (Å²) in [6.45, 7) is 11.1. The van der Waals surface area contributed by atoms with Crippen LogP contribution < -0.4 is 5.69 Å². The van der Waals surface area contributed by atoms with Crippen molar-refractivity contribution in [3.05, 3.63) is 58.3 Å². The van der Waals surface area contributed by atoms with Crippen molar-refractivity contribution < 1.29 is 0 Å². The number of hydrogen-bond donors (Lipinski definition) is 1. The van der Waals surface area contributed by atoms with Crippen molar-refractivity contribution in [2.24, 2.45) is 12.5 Å². The van der Waals surface area contributed by atoms with E-state index in [2.05, 4.69) is 56.1 Å². The molecule has 1 aromatic carbocycles. The molecule has 3 aromatic heterocycles. The zero-order chi connectivity index (χ0) is 20.9. The predicted octanol–water partition coefficient (Wildman–Crippen LogP) is 4.46. The number of nitrogens with zero attached hydrogens (tertiary/aromatic N) is 4. The Morgan fingerprint density at radius 3 is 2.48 bits per heavy atom. The molecule has 6 heteroatoms. The monoisotopic (exact) mass is 389 g/mol. The number of hydrogen-bond acceptors (Lipinski definition) is 3. The Morgan fingerprint density at radius 2 is 1.83 bits per heavy atom. The van der Waals surface area contributed by atoms with E-state index in [9.17, 15) is 4.79 Å². The molecule has 0 saturated carbocycles. The van der Waals surface area contributed by atoms with Crippen molar-refractivity contribution in [2.45, 2.75) is 41.2 Å². The van der Waals surface area contributed by atoms with Gasteiger partial charge in [0.1, 0.15) is 0 Å². The van der Waals surface area contributed by atoms with E-state index in [0.717, 1.165) is 39.2 Å². The van der Waals surface area contributed by atoms with Gasteiger partial charge in [-0.25, -0.2) is 9.78 Å². The average Bonchev–Trinajstić information content (AvgIpc) is 3.18. The van der Waals surface area contributed by atoms with Gasteiger partial charge in [0.15, 0.2) is 5.65 Å². The zero-order valence-corrected chi connectivity index (χ0v) is 17.9. The van der Waals surface area contributed by atoms with Crippen molar-refractivity contribution in [2.75, 3.05) is 0 Å². The molecule has 0 amide bonds. The maximum atomic E-state index is 12.8. The Morgan fingerprint density at radius 1 is 1.07 bits per heavy atom. The minimum absolute atomic E-state index is 0.00412. The number of rotatable bonds is 3. The third-order valence-corrected chi connectivity index (χ3v) is 5.27. The summed E-state index contributed by atoms with van der Waals surface area (Å²) in [6, 6.07) is 10.4. The van der Waals surface area contributed by atoms with Gasteiger partial charge in [-0.15, -0.1) is 0 Å². The number of nitrogens with one attached hydrogen (secondary N) is 1. The van der Waals surface area contributed by atoms with Crippen molar-refractivity contribution in [3.63, 3.8) is 0 Å². The van der Waals surface area contributed by atoms with E-state index in [1.807, 2.05) is 29.8 Å². The second kappa shape index (κ2) is 6.72. The first-order valence-corrected chi connectivity index (χ1v) is 9.84. The van der Waals surface area contributed by atoms with Gasteiger partial charge >= 0.3 is 5.69 Å². The van der Waals surface area contributed by atoms with Gasteiger partial charge in [0.05, 0.1) is 16.9 Å². The minimum Gasteiger partial charge on any atom is -0.290 e. The lowest BCUT2D eigenvalue weighted by molar-refractivity contribution is 0.342. The molecule has 0 saturated heterocycles. The Kier molecular flexibility index (Phi) is 4.45. The number of aryl methyl sites for hydroxylation is 3. The Hall–Kier alpha value is -3.15. The molecule has 29 heavy (non-hydrogen) atoms. The highest BCUT2D eigenvalue weighted by Crippen LogP contribution is 2.30. The molecule has 1 N–H and O–H groups in total. The molecule has 150 valence electrons. The van der Waals surface area contributed by atoms with Gasteiger partial charge in [0, 0.05) is 30.9 Å². The molecule has 0 unspecified atom stereocenters. The lowest BCUT2D eigenvalue weighted by Crippen LogP contribution is -2.27. The van der Waals surface area contributed by atoms with E-state index in [1.54, 1.807) is 11.6 Å². The summed E-state index contributed by atoms with van der Waals surface area (Å²) in [4.78, 5) is 17.7. The summed E-state index contributed by atoms with van der Waals surface area (Å²) in [6.07, 6.45) is 1.91. The van der Waals surface area contributed by atoms with Gasteiger partial charge in [-0.05, 0) is 48.6 Å². The third-order valence-electron chi connectivity index (χ3n) is 5.27. The Bertz CT molecular complexity index is 1270. The molecule has 0 spiro atoms. The first kappa shape index (κ1) is 19.2. The zero-order valence-electron chi connectivity index (χ0n) is 17.9. The quantitative estimate of drug-likeness (QED) is 0.563. The SMILES string of the molecule is Cc1ccc(-c2c[nH]nc2C)cc1-c1ccc2c(n1)n(C)c(=O)n2CC(C)(C)C. The number of benzene rings is 1. The van der Waals surface area contributed by atoms with Crippen LogP contribution in [0.2, 0.25) is 0 Å². The van der Waals surface area contributed by atoms with Crippen LogP contribution in [0.4, 0.5) is 0 Å². The van der Waals surface area contributed by atoms with Crippen molar-refractivity contribution in [1.29, 1.82) is 0 Å². The number of fused-ring (bicyclic) bond motifs is 1. The summed E-state index contributed by atoms with van der Waals surface area (Å²) < 4.78 is 3.47. The van der Waals surface area contributed by atoms with Gasteiger partial charge in [0.25, 0.3) is 0 Å². The Balaban J connectivity index is 1.87. The predicted molar refractivity (Wildman–Crippen MR) is 117 cm³/mol. The largest absolute Gasteiger partial charge is 0.330 e. The van der Waals surface area contributed by atoms with Gasteiger partial charge < -0.3 is 0 Å². The number of H-pyrrole nitrogens is 1. The van der Waals surface area contributed by atoms with E-state index < -0.39 is 0 Å². The second-order valence-corrected chi connectivity index (χ2v) is 8.94. The molecule has 4 rings (SSSR count). The summed E-state index contributed by atoms with van der Waals surface area (Å²) in [7, 11) is 1.79. The molecule has 0 atom stereocenters.